The molecule has 0 bridgehead atoms. The van der Waals surface area contributed by atoms with E-state index >= 15 is 0 Å². The van der Waals surface area contributed by atoms with Crippen molar-refractivity contribution in [2.45, 2.75) is 6.92 Å². The minimum atomic E-state index is -0.354. The van der Waals surface area contributed by atoms with Crippen LogP contribution in [0.3, 0.4) is 0 Å². The average molecular weight is 279 g/mol. The van der Waals surface area contributed by atoms with Gasteiger partial charge in [0.1, 0.15) is 5.56 Å². The Morgan fingerprint density at radius 2 is 1.90 bits per heavy atom. The smallest absolute Gasteiger partial charge is 0.282 e. The number of H-pyrrole nitrogens is 1. The summed E-state index contributed by atoms with van der Waals surface area (Å²) in [5, 5.41) is 2.94. The molecule has 5 nitrogen and oxygen atoms in total. The van der Waals surface area contributed by atoms with Gasteiger partial charge in [0.15, 0.2) is 0 Å². The topological polar surface area (TPSA) is 67.8 Å². The molecule has 21 heavy (non-hydrogen) atoms. The average Bonchev–Trinajstić information content (AvgIpc) is 2.83. The number of aromatic amines is 1. The molecule has 3 rings (SSSR count). The molecule has 0 aliphatic carbocycles. The Labute approximate surface area is 120 Å². The van der Waals surface area contributed by atoms with Crippen LogP contribution < -0.4 is 5.56 Å². The SMILES string of the molecule is Cc1[nH]n(-c2ccccc2)c(=O)c1C(=O)c1cccnc1. The van der Waals surface area contributed by atoms with Gasteiger partial charge in [0.05, 0.1) is 5.69 Å². The number of rotatable bonds is 3. The van der Waals surface area contributed by atoms with Gasteiger partial charge >= 0.3 is 0 Å². The van der Waals surface area contributed by atoms with Crippen LogP contribution in [0.2, 0.25) is 0 Å². The van der Waals surface area contributed by atoms with Gasteiger partial charge in [-0.1, -0.05) is 18.2 Å². The summed E-state index contributed by atoms with van der Waals surface area (Å²) in [7, 11) is 0. The van der Waals surface area contributed by atoms with Crippen molar-refractivity contribution in [2.75, 3.05) is 0 Å². The molecule has 2 aromatic heterocycles. The fraction of sp³-hybridized carbons (Fsp3) is 0.0625. The summed E-state index contributed by atoms with van der Waals surface area (Å²) in [5.41, 5.74) is 1.42. The normalized spacial score (nSPS) is 10.5. The zero-order valence-electron chi connectivity index (χ0n) is 11.4. The van der Waals surface area contributed by atoms with Gasteiger partial charge in [-0.25, -0.2) is 4.68 Å². The zero-order chi connectivity index (χ0) is 14.8. The first-order chi connectivity index (χ1) is 10.2. The van der Waals surface area contributed by atoms with Crippen LogP contribution in [0.25, 0.3) is 5.69 Å². The first-order valence-corrected chi connectivity index (χ1v) is 6.50. The van der Waals surface area contributed by atoms with Crippen molar-refractivity contribution < 1.29 is 4.79 Å². The molecule has 104 valence electrons. The van der Waals surface area contributed by atoms with Crippen molar-refractivity contribution in [3.63, 3.8) is 0 Å². The van der Waals surface area contributed by atoms with Crippen LogP contribution in [0, 0.1) is 6.92 Å². The molecule has 1 N–H and O–H groups in total. The number of benzene rings is 1. The molecule has 0 atom stereocenters. The lowest BCUT2D eigenvalue weighted by molar-refractivity contribution is 0.103. The van der Waals surface area contributed by atoms with Crippen molar-refractivity contribution in [1.82, 2.24) is 14.8 Å². The highest BCUT2D eigenvalue weighted by atomic mass is 16.2. The Morgan fingerprint density at radius 3 is 2.57 bits per heavy atom. The number of nitrogens with zero attached hydrogens (tertiary/aromatic N) is 2. The Morgan fingerprint density at radius 1 is 1.14 bits per heavy atom. The lowest BCUT2D eigenvalue weighted by Crippen LogP contribution is -2.20. The number of pyridine rings is 1. The molecule has 0 amide bonds. The largest absolute Gasteiger partial charge is 0.295 e. The number of carbonyl (C=O) groups is 1. The molecule has 5 heteroatoms. The zero-order valence-corrected chi connectivity index (χ0v) is 11.4. The lowest BCUT2D eigenvalue weighted by Gasteiger charge is -1.99. The number of hydrogen-bond acceptors (Lipinski definition) is 3. The van der Waals surface area contributed by atoms with E-state index in [0.29, 0.717) is 16.9 Å². The number of hydrogen-bond donors (Lipinski definition) is 1. The molecule has 0 aliphatic heterocycles. The van der Waals surface area contributed by atoms with Crippen LogP contribution in [0.4, 0.5) is 0 Å². The molecule has 0 unspecified atom stereocenters. The summed E-state index contributed by atoms with van der Waals surface area (Å²) in [6.45, 7) is 1.71. The second-order valence-electron chi connectivity index (χ2n) is 4.66. The fourth-order valence-electron chi connectivity index (χ4n) is 2.21. The molecule has 0 radical (unpaired) electrons. The van der Waals surface area contributed by atoms with Gasteiger partial charge in [-0.15, -0.1) is 0 Å². The maximum Gasteiger partial charge on any atom is 0.282 e. The monoisotopic (exact) mass is 279 g/mol. The number of para-hydroxylation sites is 1. The van der Waals surface area contributed by atoms with E-state index in [1.54, 1.807) is 37.4 Å². The Hall–Kier alpha value is -2.95. The predicted octanol–water partition coefficient (Wildman–Crippen LogP) is 2.10. The van der Waals surface area contributed by atoms with Crippen LogP contribution in [0.15, 0.2) is 59.7 Å². The van der Waals surface area contributed by atoms with Crippen molar-refractivity contribution in [3.8, 4) is 5.69 Å². The van der Waals surface area contributed by atoms with E-state index in [9.17, 15) is 9.59 Å². The number of aryl methyl sites for hydroxylation is 1. The van der Waals surface area contributed by atoms with Gasteiger partial charge in [-0.3, -0.25) is 19.7 Å². The van der Waals surface area contributed by atoms with Gasteiger partial charge in [0.25, 0.3) is 5.56 Å². The number of aromatic nitrogens is 3. The Balaban J connectivity index is 2.12. The van der Waals surface area contributed by atoms with Gasteiger partial charge < -0.3 is 0 Å². The highest BCUT2D eigenvalue weighted by molar-refractivity contribution is 6.09. The summed E-state index contributed by atoms with van der Waals surface area (Å²) in [4.78, 5) is 28.9. The van der Waals surface area contributed by atoms with E-state index in [1.807, 2.05) is 18.2 Å². The molecule has 0 saturated heterocycles. The first-order valence-electron chi connectivity index (χ1n) is 6.50. The quantitative estimate of drug-likeness (QED) is 0.746. The van der Waals surface area contributed by atoms with Gasteiger partial charge in [0, 0.05) is 23.7 Å². The molecule has 1 aromatic carbocycles. The third-order valence-electron chi connectivity index (χ3n) is 3.24. The first kappa shape index (κ1) is 13.1. The van der Waals surface area contributed by atoms with Crippen LogP contribution in [0.5, 0.6) is 0 Å². The van der Waals surface area contributed by atoms with Crippen molar-refractivity contribution in [3.05, 3.63) is 82.0 Å². The summed E-state index contributed by atoms with van der Waals surface area (Å²) < 4.78 is 1.37. The van der Waals surface area contributed by atoms with Crippen LogP contribution >= 0.6 is 0 Å². The Kier molecular flexibility index (Phi) is 3.23. The summed E-state index contributed by atoms with van der Waals surface area (Å²) in [5.74, 6) is -0.323. The molecule has 0 saturated carbocycles. The predicted molar refractivity (Wildman–Crippen MR) is 78.8 cm³/mol. The summed E-state index contributed by atoms with van der Waals surface area (Å²) in [6.07, 6.45) is 3.05. The molecule has 0 spiro atoms. The minimum Gasteiger partial charge on any atom is -0.295 e. The van der Waals surface area contributed by atoms with Gasteiger partial charge in [-0.2, -0.15) is 0 Å². The lowest BCUT2D eigenvalue weighted by atomic mass is 10.1. The molecular weight excluding hydrogens is 266 g/mol. The van der Waals surface area contributed by atoms with Crippen molar-refractivity contribution >= 4 is 5.78 Å². The van der Waals surface area contributed by atoms with E-state index in [0.717, 1.165) is 0 Å². The van der Waals surface area contributed by atoms with Crippen molar-refractivity contribution in [2.24, 2.45) is 0 Å². The maximum absolute atomic E-state index is 12.5. The van der Waals surface area contributed by atoms with Crippen LogP contribution in [0.1, 0.15) is 21.6 Å². The van der Waals surface area contributed by atoms with Gasteiger partial charge in [-0.05, 0) is 31.2 Å². The third kappa shape index (κ3) is 2.29. The molecule has 3 aromatic rings. The molecule has 0 aliphatic rings. The maximum atomic E-state index is 12.5. The standard InChI is InChI=1S/C16H13N3O2/c1-11-14(15(20)12-6-5-9-17-10-12)16(21)19(18-11)13-7-3-2-4-8-13/h2-10,18H,1H3. The molecule has 0 fully saturated rings. The molecular formula is C16H13N3O2. The highest BCUT2D eigenvalue weighted by Crippen LogP contribution is 2.11. The second kappa shape index (κ2) is 5.20. The number of nitrogens with one attached hydrogen (secondary N) is 1. The highest BCUT2D eigenvalue weighted by Gasteiger charge is 2.20. The van der Waals surface area contributed by atoms with Crippen LogP contribution in [-0.4, -0.2) is 20.5 Å². The summed E-state index contributed by atoms with van der Waals surface area (Å²) >= 11 is 0. The second-order valence-corrected chi connectivity index (χ2v) is 4.66. The van der Waals surface area contributed by atoms with E-state index in [1.165, 1.54) is 10.9 Å². The molecule has 2 heterocycles. The minimum absolute atomic E-state index is 0.145. The van der Waals surface area contributed by atoms with E-state index in [2.05, 4.69) is 10.1 Å². The Bertz CT molecular complexity index is 833. The van der Waals surface area contributed by atoms with Crippen LogP contribution in [-0.2, 0) is 0 Å². The number of carbonyl (C=O) groups excluding carboxylic acids is 1. The number of ketones is 1. The van der Waals surface area contributed by atoms with E-state index in [-0.39, 0.29) is 16.9 Å². The van der Waals surface area contributed by atoms with E-state index in [4.69, 9.17) is 0 Å². The summed E-state index contributed by atoms with van der Waals surface area (Å²) in [6, 6.07) is 12.5. The fourth-order valence-corrected chi connectivity index (χ4v) is 2.21. The van der Waals surface area contributed by atoms with E-state index < -0.39 is 0 Å². The third-order valence-corrected chi connectivity index (χ3v) is 3.24. The van der Waals surface area contributed by atoms with Gasteiger partial charge in [0.2, 0.25) is 5.78 Å². The van der Waals surface area contributed by atoms with Crippen molar-refractivity contribution in [1.29, 1.82) is 0 Å².